The fourth-order valence-corrected chi connectivity index (χ4v) is 2.44. The Balaban J connectivity index is 1.71. The van der Waals surface area contributed by atoms with Crippen LogP contribution in [0.25, 0.3) is 0 Å². The fraction of sp³-hybridized carbons (Fsp3) is 0.208. The van der Waals surface area contributed by atoms with Crippen LogP contribution >= 0.6 is 0 Å². The molecule has 30 heavy (non-hydrogen) atoms. The van der Waals surface area contributed by atoms with E-state index < -0.39 is 11.9 Å². The summed E-state index contributed by atoms with van der Waals surface area (Å²) in [7, 11) is 0. The van der Waals surface area contributed by atoms with Gasteiger partial charge in [0.2, 0.25) is 0 Å². The van der Waals surface area contributed by atoms with Crippen molar-refractivity contribution in [2.24, 2.45) is 0 Å². The second-order valence-electron chi connectivity index (χ2n) is 6.34. The van der Waals surface area contributed by atoms with Gasteiger partial charge in [-0.25, -0.2) is 9.59 Å². The summed E-state index contributed by atoms with van der Waals surface area (Å²) in [5, 5.41) is 0. The molecule has 0 unspecified atom stereocenters. The number of aryl methyl sites for hydroxylation is 1. The van der Waals surface area contributed by atoms with Crippen LogP contribution in [0.15, 0.2) is 73.3 Å². The molecule has 0 aliphatic carbocycles. The molecule has 0 aliphatic rings. The first-order valence-corrected chi connectivity index (χ1v) is 9.51. The molecule has 0 bridgehead atoms. The zero-order valence-electron chi connectivity index (χ0n) is 16.8. The van der Waals surface area contributed by atoms with Gasteiger partial charge >= 0.3 is 11.9 Å². The van der Waals surface area contributed by atoms with Gasteiger partial charge in [0.15, 0.2) is 5.78 Å². The van der Waals surface area contributed by atoms with E-state index in [1.165, 1.54) is 0 Å². The molecule has 0 N–H and O–H groups in total. The number of carbonyl (C=O) groups excluding carboxylic acids is 3. The number of carbonyl (C=O) groups is 3. The van der Waals surface area contributed by atoms with Crippen LogP contribution in [0.3, 0.4) is 0 Å². The van der Waals surface area contributed by atoms with Gasteiger partial charge in [-0.15, -0.1) is 0 Å². The van der Waals surface area contributed by atoms with Gasteiger partial charge in [0, 0.05) is 6.08 Å². The highest BCUT2D eigenvalue weighted by Gasteiger charge is 2.12. The molecule has 2 rings (SSSR count). The average molecular weight is 408 g/mol. The Hall–Kier alpha value is -3.67. The quantitative estimate of drug-likeness (QED) is 0.240. The maximum atomic E-state index is 12.3. The van der Waals surface area contributed by atoms with Crippen LogP contribution in [-0.4, -0.2) is 30.9 Å². The second kappa shape index (κ2) is 12.0. The van der Waals surface area contributed by atoms with Gasteiger partial charge in [-0.3, -0.25) is 4.79 Å². The Bertz CT molecular complexity index is 915. The molecule has 0 saturated carbocycles. The SMILES string of the molecule is C=CC(=O)C=CC(=O)OCCCCOc1ccc(C(=O)Oc2ccccc2)c(C)c1. The normalized spacial score (nSPS) is 10.4. The first-order valence-electron chi connectivity index (χ1n) is 9.51. The summed E-state index contributed by atoms with van der Waals surface area (Å²) in [6, 6.07) is 14.1. The molecule has 0 aliphatic heterocycles. The number of rotatable bonds is 11. The predicted molar refractivity (Wildman–Crippen MR) is 113 cm³/mol. The van der Waals surface area contributed by atoms with E-state index in [0.717, 1.165) is 23.8 Å². The summed E-state index contributed by atoms with van der Waals surface area (Å²) < 4.78 is 16.0. The van der Waals surface area contributed by atoms with Gasteiger partial charge in [-0.05, 0) is 67.8 Å². The summed E-state index contributed by atoms with van der Waals surface area (Å²) in [5.74, 6) is -0.206. The Morgan fingerprint density at radius 3 is 2.37 bits per heavy atom. The number of unbranched alkanes of at least 4 members (excludes halogenated alkanes) is 1. The number of para-hydroxylation sites is 1. The number of hydrogen-bond donors (Lipinski definition) is 0. The molecule has 0 heterocycles. The third-order valence-corrected chi connectivity index (χ3v) is 4.01. The summed E-state index contributed by atoms with van der Waals surface area (Å²) in [6.45, 7) is 5.80. The number of allylic oxidation sites excluding steroid dienone is 2. The van der Waals surface area contributed by atoms with Crippen molar-refractivity contribution in [2.75, 3.05) is 13.2 Å². The highest BCUT2D eigenvalue weighted by Crippen LogP contribution is 2.20. The third-order valence-electron chi connectivity index (χ3n) is 4.01. The molecule has 2 aromatic carbocycles. The van der Waals surface area contributed by atoms with Gasteiger partial charge < -0.3 is 14.2 Å². The van der Waals surface area contributed by atoms with Crippen LogP contribution in [-0.2, 0) is 14.3 Å². The largest absolute Gasteiger partial charge is 0.494 e. The van der Waals surface area contributed by atoms with Crippen molar-refractivity contribution in [2.45, 2.75) is 19.8 Å². The average Bonchev–Trinajstić information content (AvgIpc) is 2.75. The molecule has 0 saturated heterocycles. The molecular weight excluding hydrogens is 384 g/mol. The third kappa shape index (κ3) is 7.75. The first kappa shape index (κ1) is 22.6. The lowest BCUT2D eigenvalue weighted by Gasteiger charge is -2.10. The van der Waals surface area contributed by atoms with Gasteiger partial charge in [0.1, 0.15) is 11.5 Å². The van der Waals surface area contributed by atoms with Crippen LogP contribution < -0.4 is 9.47 Å². The standard InChI is InChI=1S/C24H24O6/c1-3-19(25)11-14-23(26)29-16-8-7-15-28-21-12-13-22(18(2)17-21)24(27)30-20-9-5-4-6-10-20/h3-6,9-14,17H,1,7-8,15-16H2,2H3. The number of esters is 2. The van der Waals surface area contributed by atoms with Crippen LogP contribution in [0.5, 0.6) is 11.5 Å². The smallest absolute Gasteiger partial charge is 0.343 e. The molecule has 0 aromatic heterocycles. The van der Waals surface area contributed by atoms with E-state index in [1.807, 2.05) is 13.0 Å². The maximum Gasteiger partial charge on any atom is 0.343 e. The molecule has 0 radical (unpaired) electrons. The van der Waals surface area contributed by atoms with Crippen molar-refractivity contribution in [3.63, 3.8) is 0 Å². The minimum absolute atomic E-state index is 0.234. The molecule has 6 heteroatoms. The monoisotopic (exact) mass is 408 g/mol. The van der Waals surface area contributed by atoms with E-state index in [0.29, 0.717) is 36.5 Å². The first-order chi connectivity index (χ1) is 14.5. The Morgan fingerprint density at radius 2 is 1.67 bits per heavy atom. The number of benzene rings is 2. The van der Waals surface area contributed by atoms with E-state index in [4.69, 9.17) is 14.2 Å². The zero-order chi connectivity index (χ0) is 21.8. The van der Waals surface area contributed by atoms with Crippen molar-refractivity contribution >= 4 is 17.7 Å². The van der Waals surface area contributed by atoms with Crippen molar-refractivity contribution in [3.05, 3.63) is 84.5 Å². The molecule has 2 aromatic rings. The van der Waals surface area contributed by atoms with E-state index in [2.05, 4.69) is 6.58 Å². The molecule has 6 nitrogen and oxygen atoms in total. The van der Waals surface area contributed by atoms with E-state index in [-0.39, 0.29) is 12.4 Å². The lowest BCUT2D eigenvalue weighted by molar-refractivity contribution is -0.138. The molecule has 156 valence electrons. The van der Waals surface area contributed by atoms with Gasteiger partial charge in [0.05, 0.1) is 18.8 Å². The lowest BCUT2D eigenvalue weighted by Crippen LogP contribution is -2.10. The minimum Gasteiger partial charge on any atom is -0.494 e. The Morgan fingerprint density at radius 1 is 0.933 bits per heavy atom. The van der Waals surface area contributed by atoms with Crippen LogP contribution in [0, 0.1) is 6.92 Å². The van der Waals surface area contributed by atoms with Crippen LogP contribution in [0.4, 0.5) is 0 Å². The topological polar surface area (TPSA) is 78.9 Å². The highest BCUT2D eigenvalue weighted by molar-refractivity contribution is 6.02. The lowest BCUT2D eigenvalue weighted by atomic mass is 10.1. The highest BCUT2D eigenvalue weighted by atomic mass is 16.5. The van der Waals surface area contributed by atoms with Gasteiger partial charge in [-0.1, -0.05) is 24.8 Å². The molecular formula is C24H24O6. The van der Waals surface area contributed by atoms with Crippen molar-refractivity contribution in [1.82, 2.24) is 0 Å². The molecule has 0 atom stereocenters. The minimum atomic E-state index is -0.570. The van der Waals surface area contributed by atoms with E-state index in [1.54, 1.807) is 42.5 Å². The fourth-order valence-electron chi connectivity index (χ4n) is 2.44. The van der Waals surface area contributed by atoms with Crippen LogP contribution in [0.1, 0.15) is 28.8 Å². The summed E-state index contributed by atoms with van der Waals surface area (Å²) >= 11 is 0. The van der Waals surface area contributed by atoms with Crippen molar-refractivity contribution in [3.8, 4) is 11.5 Å². The summed E-state index contributed by atoms with van der Waals surface area (Å²) in [4.78, 5) is 34.7. The Labute approximate surface area is 175 Å². The van der Waals surface area contributed by atoms with Gasteiger partial charge in [-0.2, -0.15) is 0 Å². The van der Waals surface area contributed by atoms with Crippen LogP contribution in [0.2, 0.25) is 0 Å². The van der Waals surface area contributed by atoms with Gasteiger partial charge in [0.25, 0.3) is 0 Å². The maximum absolute atomic E-state index is 12.3. The molecule has 0 fully saturated rings. The van der Waals surface area contributed by atoms with E-state index >= 15 is 0 Å². The van der Waals surface area contributed by atoms with Crippen molar-refractivity contribution < 1.29 is 28.6 Å². The molecule has 0 amide bonds. The van der Waals surface area contributed by atoms with Crippen molar-refractivity contribution in [1.29, 1.82) is 0 Å². The number of ether oxygens (including phenoxy) is 3. The Kier molecular flexibility index (Phi) is 9.06. The summed E-state index contributed by atoms with van der Waals surface area (Å²) in [6.07, 6.45) is 4.60. The predicted octanol–water partition coefficient (Wildman–Crippen LogP) is 4.23. The zero-order valence-corrected chi connectivity index (χ0v) is 16.8. The number of hydrogen-bond acceptors (Lipinski definition) is 6. The summed E-state index contributed by atoms with van der Waals surface area (Å²) in [5.41, 5.74) is 1.23. The molecule has 0 spiro atoms. The number of ketones is 1. The van der Waals surface area contributed by atoms with E-state index in [9.17, 15) is 14.4 Å². The second-order valence-corrected chi connectivity index (χ2v) is 6.34.